The minimum atomic E-state index is -0.303. The smallest absolute Gasteiger partial charge is 0.218 e. The number of hydrogen-bond acceptors (Lipinski definition) is 3. The average molecular weight is 280 g/mol. The van der Waals surface area contributed by atoms with Crippen LogP contribution in [0.15, 0.2) is 12.3 Å². The maximum atomic E-state index is 13.4. The lowest BCUT2D eigenvalue weighted by molar-refractivity contribution is 0.0961. The van der Waals surface area contributed by atoms with E-state index in [1.165, 1.54) is 31.5 Å². The van der Waals surface area contributed by atoms with Gasteiger partial charge in [0, 0.05) is 12.1 Å². The van der Waals surface area contributed by atoms with Crippen LogP contribution < -0.4 is 10.1 Å². The molecule has 2 rings (SSSR count). The minimum Gasteiger partial charge on any atom is -0.474 e. The second-order valence-electron chi connectivity index (χ2n) is 5.71. The van der Waals surface area contributed by atoms with E-state index in [0.717, 1.165) is 24.9 Å². The van der Waals surface area contributed by atoms with Gasteiger partial charge in [0.05, 0.1) is 6.20 Å². The zero-order chi connectivity index (χ0) is 14.4. The monoisotopic (exact) mass is 280 g/mol. The Morgan fingerprint density at radius 3 is 2.95 bits per heavy atom. The van der Waals surface area contributed by atoms with Gasteiger partial charge in [-0.15, -0.1) is 0 Å². The first-order valence-electron chi connectivity index (χ1n) is 7.72. The first kappa shape index (κ1) is 15.2. The molecule has 1 heterocycles. The number of pyridine rings is 1. The molecule has 1 aliphatic rings. The third kappa shape index (κ3) is 4.17. The van der Waals surface area contributed by atoms with Gasteiger partial charge in [0.2, 0.25) is 5.88 Å². The largest absolute Gasteiger partial charge is 0.474 e. The van der Waals surface area contributed by atoms with Gasteiger partial charge in [-0.3, -0.25) is 0 Å². The molecule has 2 unspecified atom stereocenters. The van der Waals surface area contributed by atoms with Gasteiger partial charge < -0.3 is 10.1 Å². The molecular formula is C16H25FN2O. The molecule has 0 radical (unpaired) electrons. The Bertz CT molecular complexity index is 425. The van der Waals surface area contributed by atoms with Gasteiger partial charge in [0.15, 0.2) is 0 Å². The Labute approximate surface area is 120 Å². The molecule has 1 saturated carbocycles. The van der Waals surface area contributed by atoms with Crippen LogP contribution in [0.3, 0.4) is 0 Å². The van der Waals surface area contributed by atoms with E-state index in [4.69, 9.17) is 4.74 Å². The molecule has 20 heavy (non-hydrogen) atoms. The maximum Gasteiger partial charge on any atom is 0.218 e. The summed E-state index contributed by atoms with van der Waals surface area (Å²) in [6, 6.07) is 1.53. The summed E-state index contributed by atoms with van der Waals surface area (Å²) >= 11 is 0. The number of halogens is 1. The number of nitrogens with zero attached hydrogens (tertiary/aromatic N) is 1. The Morgan fingerprint density at radius 1 is 1.40 bits per heavy atom. The zero-order valence-electron chi connectivity index (χ0n) is 12.5. The molecule has 0 aromatic carbocycles. The Hall–Kier alpha value is -1.16. The van der Waals surface area contributed by atoms with Crippen molar-refractivity contribution < 1.29 is 9.13 Å². The lowest BCUT2D eigenvalue weighted by atomic mass is 9.88. The summed E-state index contributed by atoms with van der Waals surface area (Å²) in [7, 11) is 0. The molecule has 1 fully saturated rings. The number of nitrogens with one attached hydrogen (secondary N) is 1. The first-order valence-corrected chi connectivity index (χ1v) is 7.72. The van der Waals surface area contributed by atoms with Crippen LogP contribution in [-0.2, 0) is 6.54 Å². The average Bonchev–Trinajstić information content (AvgIpc) is 2.44. The predicted octanol–water partition coefficient (Wildman–Crippen LogP) is 3.68. The molecule has 0 spiro atoms. The van der Waals surface area contributed by atoms with Crippen LogP contribution in [-0.4, -0.2) is 17.6 Å². The molecule has 4 heteroatoms. The van der Waals surface area contributed by atoms with Crippen molar-refractivity contribution in [3.8, 4) is 5.88 Å². The molecule has 1 aliphatic carbocycles. The minimum absolute atomic E-state index is 0.214. The van der Waals surface area contributed by atoms with Crippen molar-refractivity contribution in [2.24, 2.45) is 5.92 Å². The topological polar surface area (TPSA) is 34.2 Å². The van der Waals surface area contributed by atoms with Crippen molar-refractivity contribution in [3.63, 3.8) is 0 Å². The highest BCUT2D eigenvalue weighted by Crippen LogP contribution is 2.28. The van der Waals surface area contributed by atoms with Crippen molar-refractivity contribution in [1.29, 1.82) is 0 Å². The summed E-state index contributed by atoms with van der Waals surface area (Å²) in [6.45, 7) is 5.85. The van der Waals surface area contributed by atoms with Crippen molar-refractivity contribution in [2.45, 2.75) is 58.6 Å². The molecule has 112 valence electrons. The summed E-state index contributed by atoms with van der Waals surface area (Å²) in [6.07, 6.45) is 7.27. The van der Waals surface area contributed by atoms with Crippen LogP contribution in [0.1, 0.15) is 51.5 Å². The molecule has 1 aromatic rings. The van der Waals surface area contributed by atoms with Crippen molar-refractivity contribution >= 4 is 0 Å². The Balaban J connectivity index is 2.05. The van der Waals surface area contributed by atoms with Gasteiger partial charge in [0.1, 0.15) is 11.9 Å². The fourth-order valence-corrected chi connectivity index (χ4v) is 2.70. The van der Waals surface area contributed by atoms with E-state index >= 15 is 0 Å². The van der Waals surface area contributed by atoms with Crippen LogP contribution in [0, 0.1) is 11.7 Å². The van der Waals surface area contributed by atoms with E-state index in [-0.39, 0.29) is 11.9 Å². The Morgan fingerprint density at radius 2 is 2.20 bits per heavy atom. The fraction of sp³-hybridized carbons (Fsp3) is 0.688. The van der Waals surface area contributed by atoms with Crippen LogP contribution >= 0.6 is 0 Å². The maximum absolute atomic E-state index is 13.4. The van der Waals surface area contributed by atoms with E-state index < -0.39 is 0 Å². The third-order valence-electron chi connectivity index (χ3n) is 3.93. The van der Waals surface area contributed by atoms with Crippen molar-refractivity contribution in [2.75, 3.05) is 6.54 Å². The number of hydrogen-bond donors (Lipinski definition) is 1. The number of rotatable bonds is 6. The molecule has 0 amide bonds. The molecule has 0 saturated heterocycles. The standard InChI is InChI=1S/C16H25FN2O/c1-3-8-18-10-13-9-14(17)11-19-16(13)20-15-7-5-4-6-12(15)2/h9,11-12,15,18H,3-8,10H2,1-2H3. The fourth-order valence-electron chi connectivity index (χ4n) is 2.70. The van der Waals surface area contributed by atoms with Gasteiger partial charge in [-0.2, -0.15) is 0 Å². The summed E-state index contributed by atoms with van der Waals surface area (Å²) in [5.74, 6) is 0.836. The molecular weight excluding hydrogens is 255 g/mol. The molecule has 3 nitrogen and oxygen atoms in total. The van der Waals surface area contributed by atoms with Crippen LogP contribution in [0.4, 0.5) is 4.39 Å². The highest BCUT2D eigenvalue weighted by Gasteiger charge is 2.24. The SMILES string of the molecule is CCCNCc1cc(F)cnc1OC1CCCCC1C. The highest BCUT2D eigenvalue weighted by molar-refractivity contribution is 5.26. The molecule has 2 atom stereocenters. The van der Waals surface area contributed by atoms with Crippen LogP contribution in [0.2, 0.25) is 0 Å². The Kier molecular flexibility index (Phi) is 5.77. The lowest BCUT2D eigenvalue weighted by Crippen LogP contribution is -2.29. The third-order valence-corrected chi connectivity index (χ3v) is 3.93. The van der Waals surface area contributed by atoms with Gasteiger partial charge in [-0.1, -0.05) is 20.3 Å². The van der Waals surface area contributed by atoms with Crippen molar-refractivity contribution in [1.82, 2.24) is 10.3 Å². The molecule has 0 bridgehead atoms. The second kappa shape index (κ2) is 7.58. The zero-order valence-corrected chi connectivity index (χ0v) is 12.5. The number of ether oxygens (including phenoxy) is 1. The van der Waals surface area contributed by atoms with E-state index in [1.54, 1.807) is 0 Å². The van der Waals surface area contributed by atoms with Gasteiger partial charge in [-0.25, -0.2) is 9.37 Å². The quantitative estimate of drug-likeness (QED) is 0.807. The predicted molar refractivity (Wildman–Crippen MR) is 78.2 cm³/mol. The highest BCUT2D eigenvalue weighted by atomic mass is 19.1. The van der Waals surface area contributed by atoms with E-state index in [9.17, 15) is 4.39 Å². The van der Waals surface area contributed by atoms with E-state index in [1.807, 2.05) is 0 Å². The normalized spacial score (nSPS) is 22.8. The van der Waals surface area contributed by atoms with E-state index in [0.29, 0.717) is 18.3 Å². The van der Waals surface area contributed by atoms with Crippen LogP contribution in [0.5, 0.6) is 5.88 Å². The summed E-state index contributed by atoms with van der Waals surface area (Å²) in [5, 5.41) is 3.28. The second-order valence-corrected chi connectivity index (χ2v) is 5.71. The molecule has 1 N–H and O–H groups in total. The summed E-state index contributed by atoms with van der Waals surface area (Å²) in [5.41, 5.74) is 0.816. The summed E-state index contributed by atoms with van der Waals surface area (Å²) in [4.78, 5) is 4.15. The van der Waals surface area contributed by atoms with Gasteiger partial charge in [-0.05, 0) is 44.2 Å². The summed E-state index contributed by atoms with van der Waals surface area (Å²) < 4.78 is 19.4. The lowest BCUT2D eigenvalue weighted by Gasteiger charge is -2.29. The number of aromatic nitrogens is 1. The van der Waals surface area contributed by atoms with Gasteiger partial charge >= 0.3 is 0 Å². The molecule has 0 aliphatic heterocycles. The first-order chi connectivity index (χ1) is 9.70. The molecule has 1 aromatic heterocycles. The van der Waals surface area contributed by atoms with Crippen molar-refractivity contribution in [3.05, 3.63) is 23.6 Å². The van der Waals surface area contributed by atoms with Gasteiger partial charge in [0.25, 0.3) is 0 Å². The van der Waals surface area contributed by atoms with E-state index in [2.05, 4.69) is 24.1 Å². The van der Waals surface area contributed by atoms with Crippen LogP contribution in [0.25, 0.3) is 0 Å².